The van der Waals surface area contributed by atoms with Crippen LogP contribution in [0.15, 0.2) is 22.7 Å². The summed E-state index contributed by atoms with van der Waals surface area (Å²) in [6, 6.07) is 5.16. The van der Waals surface area contributed by atoms with E-state index in [-0.39, 0.29) is 11.9 Å². The predicted molar refractivity (Wildman–Crippen MR) is 80.6 cm³/mol. The number of hydrogen-bond donors (Lipinski definition) is 1. The van der Waals surface area contributed by atoms with Crippen molar-refractivity contribution in [2.75, 3.05) is 12.3 Å². The van der Waals surface area contributed by atoms with E-state index in [9.17, 15) is 4.39 Å². The van der Waals surface area contributed by atoms with Crippen molar-refractivity contribution in [2.24, 2.45) is 0 Å². The topological polar surface area (TPSA) is 12.0 Å². The predicted octanol–water partition coefficient (Wildman–Crippen LogP) is 4.52. The quantitative estimate of drug-likeness (QED) is 0.870. The van der Waals surface area contributed by atoms with E-state index < -0.39 is 0 Å². The number of benzene rings is 1. The van der Waals surface area contributed by atoms with Crippen molar-refractivity contribution >= 4 is 27.7 Å². The monoisotopic (exact) mass is 331 g/mol. The normalized spacial score (nSPS) is 21.8. The summed E-state index contributed by atoms with van der Waals surface area (Å²) in [5, 5.41) is 4.29. The average molecular weight is 332 g/mol. The molecule has 0 bridgehead atoms. The lowest BCUT2D eigenvalue weighted by atomic mass is 10.1. The Hall–Kier alpha value is -0.0600. The Labute approximate surface area is 121 Å². The number of rotatable bonds is 4. The first-order valence-corrected chi connectivity index (χ1v) is 8.31. The molecular weight excluding hydrogens is 313 g/mol. The largest absolute Gasteiger partial charge is 0.309 e. The molecule has 1 aromatic carbocycles. The van der Waals surface area contributed by atoms with Gasteiger partial charge in [0, 0.05) is 22.3 Å². The minimum absolute atomic E-state index is 0.194. The van der Waals surface area contributed by atoms with Crippen molar-refractivity contribution in [1.29, 1.82) is 0 Å². The zero-order valence-electron chi connectivity index (χ0n) is 10.6. The van der Waals surface area contributed by atoms with Crippen LogP contribution in [0.3, 0.4) is 0 Å². The molecule has 1 aromatic rings. The van der Waals surface area contributed by atoms with Crippen LogP contribution in [0.5, 0.6) is 0 Å². The molecule has 1 N–H and O–H groups in total. The summed E-state index contributed by atoms with van der Waals surface area (Å²) in [6.45, 7) is 3.17. The minimum Gasteiger partial charge on any atom is -0.309 e. The lowest BCUT2D eigenvalue weighted by Gasteiger charge is -2.24. The molecule has 0 saturated carbocycles. The van der Waals surface area contributed by atoms with Crippen LogP contribution in [-0.2, 0) is 0 Å². The van der Waals surface area contributed by atoms with Crippen LogP contribution in [0.4, 0.5) is 4.39 Å². The van der Waals surface area contributed by atoms with Gasteiger partial charge in [0.2, 0.25) is 0 Å². The van der Waals surface area contributed by atoms with Crippen LogP contribution in [0.1, 0.15) is 37.8 Å². The molecule has 18 heavy (non-hydrogen) atoms. The number of nitrogens with one attached hydrogen (secondary N) is 1. The average Bonchev–Trinajstić information content (AvgIpc) is 2.37. The fraction of sp³-hybridized carbons (Fsp3) is 0.571. The van der Waals surface area contributed by atoms with E-state index in [4.69, 9.17) is 0 Å². The molecule has 100 valence electrons. The summed E-state index contributed by atoms with van der Waals surface area (Å²) in [6.07, 6.45) is 4.03. The molecule has 0 amide bonds. The van der Waals surface area contributed by atoms with E-state index in [1.165, 1.54) is 37.1 Å². The molecule has 1 heterocycles. The molecule has 1 aliphatic heterocycles. The second kappa shape index (κ2) is 6.92. The van der Waals surface area contributed by atoms with Gasteiger partial charge in [0.1, 0.15) is 5.82 Å². The Bertz CT molecular complexity index is 393. The van der Waals surface area contributed by atoms with Gasteiger partial charge in [-0.25, -0.2) is 4.39 Å². The molecule has 2 atom stereocenters. The molecule has 1 fully saturated rings. The van der Waals surface area contributed by atoms with Crippen LogP contribution >= 0.6 is 27.7 Å². The molecule has 4 heteroatoms. The Morgan fingerprint density at radius 3 is 3.00 bits per heavy atom. The second-order valence-corrected chi connectivity index (χ2v) is 7.05. The van der Waals surface area contributed by atoms with Crippen molar-refractivity contribution in [3.05, 3.63) is 34.1 Å². The standard InChI is InChI=1S/C14H19BrFNS/c1-10(13-6-5-11(16)8-14(13)15)17-9-12-4-2-3-7-18-12/h5-6,8,10,12,17H,2-4,7,9H2,1H3. The smallest absolute Gasteiger partial charge is 0.124 e. The van der Waals surface area contributed by atoms with E-state index in [0.29, 0.717) is 0 Å². The van der Waals surface area contributed by atoms with Crippen LogP contribution in [0.2, 0.25) is 0 Å². The van der Waals surface area contributed by atoms with Gasteiger partial charge in [0.25, 0.3) is 0 Å². The summed E-state index contributed by atoms with van der Waals surface area (Å²) in [5.41, 5.74) is 1.12. The van der Waals surface area contributed by atoms with Crippen molar-refractivity contribution in [2.45, 2.75) is 37.5 Å². The third kappa shape index (κ3) is 3.97. The van der Waals surface area contributed by atoms with Gasteiger partial charge < -0.3 is 5.32 Å². The molecule has 2 unspecified atom stereocenters. The summed E-state index contributed by atoms with van der Waals surface area (Å²) in [5.74, 6) is 1.10. The minimum atomic E-state index is -0.194. The zero-order chi connectivity index (χ0) is 13.0. The highest BCUT2D eigenvalue weighted by molar-refractivity contribution is 9.10. The maximum atomic E-state index is 13.0. The van der Waals surface area contributed by atoms with E-state index in [1.54, 1.807) is 0 Å². The van der Waals surface area contributed by atoms with Gasteiger partial charge in [-0.3, -0.25) is 0 Å². The lowest BCUT2D eigenvalue weighted by Crippen LogP contribution is -2.29. The van der Waals surface area contributed by atoms with Gasteiger partial charge >= 0.3 is 0 Å². The van der Waals surface area contributed by atoms with Gasteiger partial charge in [-0.05, 0) is 43.2 Å². The van der Waals surface area contributed by atoms with Gasteiger partial charge in [0.05, 0.1) is 0 Å². The zero-order valence-corrected chi connectivity index (χ0v) is 13.0. The number of thioether (sulfide) groups is 1. The van der Waals surface area contributed by atoms with Crippen molar-refractivity contribution < 1.29 is 4.39 Å². The molecule has 0 aromatic heterocycles. The molecule has 1 aliphatic rings. The van der Waals surface area contributed by atoms with Gasteiger partial charge in [0.15, 0.2) is 0 Å². The second-order valence-electron chi connectivity index (χ2n) is 4.78. The van der Waals surface area contributed by atoms with E-state index >= 15 is 0 Å². The van der Waals surface area contributed by atoms with Crippen molar-refractivity contribution in [1.82, 2.24) is 5.32 Å². The summed E-state index contributed by atoms with van der Waals surface area (Å²) < 4.78 is 13.9. The Balaban J connectivity index is 1.88. The number of halogens is 2. The summed E-state index contributed by atoms with van der Waals surface area (Å²) in [4.78, 5) is 0. The van der Waals surface area contributed by atoms with Crippen LogP contribution in [-0.4, -0.2) is 17.5 Å². The lowest BCUT2D eigenvalue weighted by molar-refractivity contribution is 0.536. The van der Waals surface area contributed by atoms with Crippen molar-refractivity contribution in [3.8, 4) is 0 Å². The first-order chi connectivity index (χ1) is 8.66. The van der Waals surface area contributed by atoms with Crippen LogP contribution in [0, 0.1) is 5.82 Å². The fourth-order valence-corrected chi connectivity index (χ4v) is 4.19. The van der Waals surface area contributed by atoms with Gasteiger partial charge in [-0.2, -0.15) is 11.8 Å². The third-order valence-corrected chi connectivity index (χ3v) is 5.44. The van der Waals surface area contributed by atoms with Gasteiger partial charge in [-0.15, -0.1) is 0 Å². The Morgan fingerprint density at radius 2 is 2.33 bits per heavy atom. The highest BCUT2D eigenvalue weighted by Gasteiger charge is 2.16. The number of hydrogen-bond acceptors (Lipinski definition) is 2. The van der Waals surface area contributed by atoms with Crippen molar-refractivity contribution in [3.63, 3.8) is 0 Å². The highest BCUT2D eigenvalue weighted by Crippen LogP contribution is 2.27. The first kappa shape index (κ1) is 14.4. The van der Waals surface area contributed by atoms with Gasteiger partial charge in [-0.1, -0.05) is 28.4 Å². The highest BCUT2D eigenvalue weighted by atomic mass is 79.9. The molecule has 0 spiro atoms. The summed E-state index contributed by atoms with van der Waals surface area (Å²) in [7, 11) is 0. The SMILES string of the molecule is CC(NCC1CCCCS1)c1ccc(F)cc1Br. The molecule has 2 rings (SSSR count). The van der Waals surface area contributed by atoms with Crippen LogP contribution < -0.4 is 5.32 Å². The van der Waals surface area contributed by atoms with Crippen LogP contribution in [0.25, 0.3) is 0 Å². The fourth-order valence-electron chi connectivity index (χ4n) is 2.24. The first-order valence-electron chi connectivity index (χ1n) is 6.47. The Kier molecular flexibility index (Phi) is 5.52. The maximum absolute atomic E-state index is 13.0. The molecular formula is C14H19BrFNS. The van der Waals surface area contributed by atoms with E-state index in [1.807, 2.05) is 6.07 Å². The van der Waals surface area contributed by atoms with E-state index in [0.717, 1.165) is 21.8 Å². The molecule has 1 nitrogen and oxygen atoms in total. The van der Waals surface area contributed by atoms with E-state index in [2.05, 4.69) is 39.9 Å². The molecule has 1 saturated heterocycles. The molecule has 0 aliphatic carbocycles. The third-order valence-electron chi connectivity index (χ3n) is 3.35. The Morgan fingerprint density at radius 1 is 1.50 bits per heavy atom. The molecule has 0 radical (unpaired) electrons. The maximum Gasteiger partial charge on any atom is 0.124 e. The summed E-state index contributed by atoms with van der Waals surface area (Å²) >= 11 is 5.50.